The summed E-state index contributed by atoms with van der Waals surface area (Å²) in [6.07, 6.45) is -0.166. The minimum Gasteiger partial charge on any atom is -0.508 e. The van der Waals surface area contributed by atoms with Crippen molar-refractivity contribution in [1.29, 1.82) is 0 Å². The quantitative estimate of drug-likeness (QED) is 0.680. The van der Waals surface area contributed by atoms with Crippen LogP contribution in [0.2, 0.25) is 0 Å². The van der Waals surface area contributed by atoms with Gasteiger partial charge in [0.1, 0.15) is 18.5 Å². The number of carbonyl (C=O) groups is 1. The van der Waals surface area contributed by atoms with E-state index in [0.29, 0.717) is 19.7 Å². The zero-order valence-corrected chi connectivity index (χ0v) is 15.8. The summed E-state index contributed by atoms with van der Waals surface area (Å²) in [4.78, 5) is 15.9. The minimum atomic E-state index is -0.166. The molecule has 0 spiro atoms. The Morgan fingerprint density at radius 1 is 1.11 bits per heavy atom. The number of aromatic hydroxyl groups is 1. The van der Waals surface area contributed by atoms with E-state index in [4.69, 9.17) is 9.47 Å². The average molecular weight is 384 g/mol. The number of phenolic OH excluding ortho intramolecular Hbond substituents is 1. The maximum absolute atomic E-state index is 12.3. The number of benzene rings is 2. The van der Waals surface area contributed by atoms with Crippen molar-refractivity contribution in [2.45, 2.75) is 6.10 Å². The predicted molar refractivity (Wildman–Crippen MR) is 105 cm³/mol. The lowest BCUT2D eigenvalue weighted by molar-refractivity contribution is -0.892. The van der Waals surface area contributed by atoms with E-state index >= 15 is 0 Å². The smallest absolute Gasteiger partial charge is 0.275 e. The number of rotatable bonds is 5. The van der Waals surface area contributed by atoms with Gasteiger partial charge in [0.05, 0.1) is 32.7 Å². The van der Waals surface area contributed by atoms with Crippen LogP contribution in [0.5, 0.6) is 17.2 Å². The van der Waals surface area contributed by atoms with Crippen LogP contribution in [-0.4, -0.2) is 63.0 Å². The maximum atomic E-state index is 12.3. The largest absolute Gasteiger partial charge is 0.508 e. The van der Waals surface area contributed by atoms with E-state index in [0.717, 1.165) is 43.4 Å². The highest BCUT2D eigenvalue weighted by Gasteiger charge is 2.24. The fourth-order valence-corrected chi connectivity index (χ4v) is 3.60. The molecule has 2 heterocycles. The molecule has 3 N–H and O–H groups in total. The first kappa shape index (κ1) is 18.4. The van der Waals surface area contributed by atoms with Crippen molar-refractivity contribution in [2.24, 2.45) is 0 Å². The molecule has 28 heavy (non-hydrogen) atoms. The number of hydrogen-bond acceptors (Lipinski definition) is 5. The molecule has 2 aliphatic heterocycles. The van der Waals surface area contributed by atoms with Gasteiger partial charge in [0.25, 0.3) is 5.91 Å². The van der Waals surface area contributed by atoms with Crippen LogP contribution in [0.4, 0.5) is 5.69 Å². The predicted octanol–water partition coefficient (Wildman–Crippen LogP) is 0.0533. The summed E-state index contributed by atoms with van der Waals surface area (Å²) >= 11 is 0. The van der Waals surface area contributed by atoms with Crippen LogP contribution in [0.15, 0.2) is 48.5 Å². The molecule has 1 amide bonds. The van der Waals surface area contributed by atoms with Gasteiger partial charge in [-0.05, 0) is 36.4 Å². The number of piperazine rings is 1. The molecule has 0 bridgehead atoms. The van der Waals surface area contributed by atoms with Crippen LogP contribution < -0.4 is 24.6 Å². The fourth-order valence-electron chi connectivity index (χ4n) is 3.60. The van der Waals surface area contributed by atoms with Gasteiger partial charge in [0.2, 0.25) is 0 Å². The molecule has 2 aliphatic rings. The Labute approximate surface area is 164 Å². The van der Waals surface area contributed by atoms with Gasteiger partial charge in [-0.3, -0.25) is 4.79 Å². The lowest BCUT2D eigenvalue weighted by Crippen LogP contribution is -3.16. The number of nitrogens with zero attached hydrogens (tertiary/aromatic N) is 1. The van der Waals surface area contributed by atoms with Crippen molar-refractivity contribution >= 4 is 11.6 Å². The van der Waals surface area contributed by atoms with E-state index in [1.807, 2.05) is 36.4 Å². The van der Waals surface area contributed by atoms with E-state index in [-0.39, 0.29) is 17.8 Å². The molecule has 148 valence electrons. The summed E-state index contributed by atoms with van der Waals surface area (Å²) in [5.41, 5.74) is 1.11. The van der Waals surface area contributed by atoms with E-state index in [9.17, 15) is 9.90 Å². The number of amides is 1. The molecule has 1 atom stereocenters. The SMILES string of the molecule is O=C(C[NH+]1CCN(c2ccc(O)cc2)CC1)NC[C@H]1COc2ccccc2O1. The van der Waals surface area contributed by atoms with Gasteiger partial charge < -0.3 is 29.7 Å². The zero-order valence-electron chi connectivity index (χ0n) is 15.8. The van der Waals surface area contributed by atoms with Crippen LogP contribution >= 0.6 is 0 Å². The molecule has 0 unspecified atom stereocenters. The minimum absolute atomic E-state index is 0.0375. The summed E-state index contributed by atoms with van der Waals surface area (Å²) in [7, 11) is 0. The Kier molecular flexibility index (Phi) is 5.53. The monoisotopic (exact) mass is 384 g/mol. The molecule has 0 saturated carbocycles. The number of fused-ring (bicyclic) bond motifs is 1. The van der Waals surface area contributed by atoms with Crippen molar-refractivity contribution in [3.05, 3.63) is 48.5 Å². The topological polar surface area (TPSA) is 75.5 Å². The Bertz CT molecular complexity index is 804. The van der Waals surface area contributed by atoms with Crippen LogP contribution in [0.1, 0.15) is 0 Å². The molecule has 7 heteroatoms. The molecule has 1 fully saturated rings. The van der Waals surface area contributed by atoms with Crippen molar-refractivity contribution in [1.82, 2.24) is 5.32 Å². The third kappa shape index (κ3) is 4.48. The lowest BCUT2D eigenvalue weighted by atomic mass is 10.2. The maximum Gasteiger partial charge on any atom is 0.275 e. The first-order valence-electron chi connectivity index (χ1n) is 9.70. The van der Waals surface area contributed by atoms with Gasteiger partial charge in [-0.1, -0.05) is 12.1 Å². The number of anilines is 1. The molecule has 0 aliphatic carbocycles. The van der Waals surface area contributed by atoms with E-state index in [2.05, 4.69) is 10.2 Å². The van der Waals surface area contributed by atoms with Crippen molar-refractivity contribution in [2.75, 3.05) is 50.8 Å². The Balaban J connectivity index is 1.19. The zero-order chi connectivity index (χ0) is 19.3. The molecular formula is C21H26N3O4+. The third-order valence-electron chi connectivity index (χ3n) is 5.19. The summed E-state index contributed by atoms with van der Waals surface area (Å²) < 4.78 is 11.5. The third-order valence-corrected chi connectivity index (χ3v) is 5.19. The number of nitrogens with one attached hydrogen (secondary N) is 2. The van der Waals surface area contributed by atoms with Crippen LogP contribution in [-0.2, 0) is 4.79 Å². The highest BCUT2D eigenvalue weighted by molar-refractivity contribution is 5.76. The molecule has 1 saturated heterocycles. The van der Waals surface area contributed by atoms with Crippen LogP contribution in [0.3, 0.4) is 0 Å². The first-order valence-corrected chi connectivity index (χ1v) is 9.70. The summed E-state index contributed by atoms with van der Waals surface area (Å²) in [6, 6.07) is 14.8. The van der Waals surface area contributed by atoms with Gasteiger partial charge in [-0.25, -0.2) is 0 Å². The van der Waals surface area contributed by atoms with Gasteiger partial charge >= 0.3 is 0 Å². The second-order valence-corrected chi connectivity index (χ2v) is 7.23. The first-order chi connectivity index (χ1) is 13.7. The van der Waals surface area contributed by atoms with Gasteiger partial charge in [0, 0.05) is 5.69 Å². The second-order valence-electron chi connectivity index (χ2n) is 7.23. The number of phenols is 1. The van der Waals surface area contributed by atoms with Gasteiger partial charge in [0.15, 0.2) is 18.0 Å². The molecule has 2 aromatic rings. The van der Waals surface area contributed by atoms with Crippen LogP contribution in [0.25, 0.3) is 0 Å². The average Bonchev–Trinajstić information content (AvgIpc) is 2.73. The number of carbonyl (C=O) groups excluding carboxylic acids is 1. The normalized spacial score (nSPS) is 19.3. The molecule has 2 aromatic carbocycles. The molecule has 0 radical (unpaired) electrons. The van der Waals surface area contributed by atoms with Crippen molar-refractivity contribution in [3.8, 4) is 17.2 Å². The number of ether oxygens (including phenoxy) is 2. The highest BCUT2D eigenvalue weighted by Crippen LogP contribution is 2.30. The Hall–Kier alpha value is -2.93. The van der Waals surface area contributed by atoms with Gasteiger partial charge in [-0.2, -0.15) is 0 Å². The molecular weight excluding hydrogens is 358 g/mol. The lowest BCUT2D eigenvalue weighted by Gasteiger charge is -2.33. The summed E-state index contributed by atoms with van der Waals surface area (Å²) in [6.45, 7) is 4.95. The van der Waals surface area contributed by atoms with Gasteiger partial charge in [-0.15, -0.1) is 0 Å². The van der Waals surface area contributed by atoms with E-state index in [1.54, 1.807) is 12.1 Å². The van der Waals surface area contributed by atoms with Crippen molar-refractivity contribution < 1.29 is 24.3 Å². The Morgan fingerprint density at radius 2 is 1.82 bits per heavy atom. The molecule has 0 aromatic heterocycles. The fraction of sp³-hybridized carbons (Fsp3) is 0.381. The number of quaternary nitrogens is 1. The second kappa shape index (κ2) is 8.39. The van der Waals surface area contributed by atoms with E-state index < -0.39 is 0 Å². The Morgan fingerprint density at radius 3 is 2.57 bits per heavy atom. The van der Waals surface area contributed by atoms with Crippen molar-refractivity contribution in [3.63, 3.8) is 0 Å². The standard InChI is InChI=1S/C21H25N3O4/c25-17-7-5-16(6-8-17)24-11-9-23(10-12-24)14-21(26)22-13-18-15-27-19-3-1-2-4-20(19)28-18/h1-8,18,25H,9-15H2,(H,22,26)/p+1/t18-/m0/s1. The number of hydrogen-bond donors (Lipinski definition) is 3. The molecule has 7 nitrogen and oxygen atoms in total. The summed E-state index contributed by atoms with van der Waals surface area (Å²) in [5, 5.41) is 12.4. The summed E-state index contributed by atoms with van der Waals surface area (Å²) in [5.74, 6) is 1.79. The van der Waals surface area contributed by atoms with E-state index in [1.165, 1.54) is 4.90 Å². The molecule has 4 rings (SSSR count). The van der Waals surface area contributed by atoms with Crippen LogP contribution in [0, 0.1) is 0 Å². The highest BCUT2D eigenvalue weighted by atomic mass is 16.6. The number of para-hydroxylation sites is 2.